The van der Waals surface area contributed by atoms with Crippen molar-refractivity contribution in [2.24, 2.45) is 0 Å². The van der Waals surface area contributed by atoms with Gasteiger partial charge in [0.1, 0.15) is 5.65 Å². The third kappa shape index (κ3) is 4.58. The summed E-state index contributed by atoms with van der Waals surface area (Å²) in [6.45, 7) is 5.81. The van der Waals surface area contributed by atoms with Crippen molar-refractivity contribution in [2.45, 2.75) is 49.6 Å². The molecule has 1 aromatic carbocycles. The summed E-state index contributed by atoms with van der Waals surface area (Å²) in [7, 11) is -1.60. The number of terminal acetylenes is 1. The molecule has 0 unspecified atom stereocenters. The number of aliphatic hydroxyl groups is 1. The number of sulfonamides is 1. The third-order valence-electron chi connectivity index (χ3n) is 7.75. The van der Waals surface area contributed by atoms with Gasteiger partial charge in [-0.15, -0.1) is 6.42 Å². The van der Waals surface area contributed by atoms with Crippen LogP contribution in [0.3, 0.4) is 0 Å². The summed E-state index contributed by atoms with van der Waals surface area (Å²) >= 11 is 0. The first-order valence-electron chi connectivity index (χ1n) is 12.7. The van der Waals surface area contributed by atoms with E-state index in [0.717, 1.165) is 6.42 Å². The van der Waals surface area contributed by atoms with Crippen LogP contribution < -0.4 is 10.9 Å². The van der Waals surface area contributed by atoms with Gasteiger partial charge >= 0.3 is 0 Å². The van der Waals surface area contributed by atoms with E-state index < -0.39 is 21.7 Å². The summed E-state index contributed by atoms with van der Waals surface area (Å²) in [5.74, 6) is 2.74. The molecule has 0 bridgehead atoms. The maximum absolute atomic E-state index is 13.4. The Morgan fingerprint density at radius 2 is 1.87 bits per heavy atom. The molecule has 1 saturated heterocycles. The zero-order chi connectivity index (χ0) is 27.2. The molecule has 38 heavy (non-hydrogen) atoms. The Morgan fingerprint density at radius 3 is 2.47 bits per heavy atom. The zero-order valence-electron chi connectivity index (χ0n) is 21.8. The van der Waals surface area contributed by atoms with Gasteiger partial charge in [-0.25, -0.2) is 13.4 Å². The van der Waals surface area contributed by atoms with Gasteiger partial charge in [-0.2, -0.15) is 9.29 Å². The monoisotopic (exact) mass is 536 g/mol. The van der Waals surface area contributed by atoms with E-state index in [4.69, 9.17) is 6.42 Å². The zero-order valence-corrected chi connectivity index (χ0v) is 22.6. The van der Waals surface area contributed by atoms with E-state index in [1.54, 1.807) is 44.3 Å². The Balaban J connectivity index is 1.48. The molecular formula is C27H32N6O4S. The van der Waals surface area contributed by atoms with Crippen molar-refractivity contribution >= 4 is 32.7 Å². The Kier molecular flexibility index (Phi) is 6.77. The van der Waals surface area contributed by atoms with E-state index in [-0.39, 0.29) is 22.0 Å². The third-order valence-corrected chi connectivity index (χ3v) is 9.67. The summed E-state index contributed by atoms with van der Waals surface area (Å²) in [5, 5.41) is 14.8. The first kappa shape index (κ1) is 26.3. The first-order chi connectivity index (χ1) is 18.0. The van der Waals surface area contributed by atoms with Gasteiger partial charge in [0.2, 0.25) is 16.0 Å². The van der Waals surface area contributed by atoms with Crippen molar-refractivity contribution in [1.82, 2.24) is 23.7 Å². The van der Waals surface area contributed by atoms with Crippen LogP contribution in [0.15, 0.2) is 40.2 Å². The Hall–Kier alpha value is -3.30. The first-order valence-corrected chi connectivity index (χ1v) is 14.1. The molecule has 2 fully saturated rings. The van der Waals surface area contributed by atoms with E-state index in [1.165, 1.54) is 8.87 Å². The number of pyridine rings is 1. The SMILES string of the molecule is C#Cc1c(C)c2cnc(Nc3ccc(S(=O)(=O)N4CCN(C)CC4)cc3)nc2n([C@@H]2CCC[C@@]2(C)O)c1=O. The number of anilines is 2. The lowest BCUT2D eigenvalue weighted by Gasteiger charge is -2.31. The minimum Gasteiger partial charge on any atom is -0.388 e. The minimum absolute atomic E-state index is 0.224. The molecule has 2 N–H and O–H groups in total. The maximum Gasteiger partial charge on any atom is 0.268 e. The number of aromatic nitrogens is 3. The lowest BCUT2D eigenvalue weighted by molar-refractivity contribution is 0.0266. The molecule has 2 aliphatic rings. The van der Waals surface area contributed by atoms with Crippen molar-refractivity contribution in [1.29, 1.82) is 0 Å². The van der Waals surface area contributed by atoms with Gasteiger partial charge in [-0.1, -0.05) is 5.92 Å². The normalized spacial score (nSPS) is 23.0. The molecule has 3 heterocycles. The Labute approximate surface area is 222 Å². The van der Waals surface area contributed by atoms with E-state index in [0.29, 0.717) is 61.3 Å². The van der Waals surface area contributed by atoms with Crippen molar-refractivity contribution in [2.75, 3.05) is 38.5 Å². The fraction of sp³-hybridized carbons (Fsp3) is 0.444. The molecule has 5 rings (SSSR count). The fourth-order valence-electron chi connectivity index (χ4n) is 5.41. The highest BCUT2D eigenvalue weighted by atomic mass is 32.2. The average molecular weight is 537 g/mol. The van der Waals surface area contributed by atoms with Crippen molar-refractivity contribution < 1.29 is 13.5 Å². The van der Waals surface area contributed by atoms with E-state index in [2.05, 4.69) is 26.1 Å². The predicted molar refractivity (Wildman–Crippen MR) is 146 cm³/mol. The average Bonchev–Trinajstić information content (AvgIpc) is 3.23. The molecule has 2 atom stereocenters. The quantitative estimate of drug-likeness (QED) is 0.477. The van der Waals surface area contributed by atoms with Crippen LogP contribution in [0, 0.1) is 19.3 Å². The maximum atomic E-state index is 13.4. The van der Waals surface area contributed by atoms with Gasteiger partial charge in [0.25, 0.3) is 5.56 Å². The molecule has 10 nitrogen and oxygen atoms in total. The molecule has 1 aliphatic heterocycles. The van der Waals surface area contributed by atoms with Crippen LogP contribution in [-0.4, -0.2) is 76.1 Å². The summed E-state index contributed by atoms with van der Waals surface area (Å²) in [6.07, 6.45) is 9.28. The van der Waals surface area contributed by atoms with Gasteiger partial charge in [0, 0.05) is 43.4 Å². The molecule has 11 heteroatoms. The van der Waals surface area contributed by atoms with Gasteiger partial charge in [0.15, 0.2) is 0 Å². The molecule has 1 saturated carbocycles. The largest absolute Gasteiger partial charge is 0.388 e. The van der Waals surface area contributed by atoms with Crippen LogP contribution in [0.1, 0.15) is 43.4 Å². The number of nitrogens with zero attached hydrogens (tertiary/aromatic N) is 5. The van der Waals surface area contributed by atoms with Gasteiger partial charge < -0.3 is 15.3 Å². The number of hydrogen-bond acceptors (Lipinski definition) is 8. The summed E-state index contributed by atoms with van der Waals surface area (Å²) < 4.78 is 29.1. The summed E-state index contributed by atoms with van der Waals surface area (Å²) in [6, 6.07) is 5.99. The summed E-state index contributed by atoms with van der Waals surface area (Å²) in [5.41, 5.74) is 0.424. The van der Waals surface area contributed by atoms with Crippen LogP contribution in [0.5, 0.6) is 0 Å². The van der Waals surface area contributed by atoms with E-state index >= 15 is 0 Å². The Bertz CT molecular complexity index is 1580. The molecule has 3 aromatic rings. The predicted octanol–water partition coefficient (Wildman–Crippen LogP) is 2.24. The number of fused-ring (bicyclic) bond motifs is 1. The number of hydrogen-bond donors (Lipinski definition) is 2. The fourth-order valence-corrected chi connectivity index (χ4v) is 6.83. The van der Waals surface area contributed by atoms with E-state index in [9.17, 15) is 18.3 Å². The van der Waals surface area contributed by atoms with Gasteiger partial charge in [-0.3, -0.25) is 9.36 Å². The molecule has 0 radical (unpaired) electrons. The van der Waals surface area contributed by atoms with Crippen molar-refractivity contribution in [3.05, 3.63) is 51.9 Å². The lowest BCUT2D eigenvalue weighted by Crippen LogP contribution is -2.46. The molecule has 200 valence electrons. The molecule has 0 spiro atoms. The number of aryl methyl sites for hydroxylation is 1. The van der Waals surface area contributed by atoms with Crippen LogP contribution in [0.2, 0.25) is 0 Å². The van der Waals surface area contributed by atoms with Crippen LogP contribution in [0.25, 0.3) is 11.0 Å². The summed E-state index contributed by atoms with van der Waals surface area (Å²) in [4.78, 5) is 24.8. The standard InChI is InChI=1S/C27H32N6O4S/c1-5-21-18(2)22-17-28-26(30-24(22)33(25(21)34)23-7-6-12-27(23,3)35)29-19-8-10-20(11-9-19)38(36,37)32-15-13-31(4)14-16-32/h1,8-11,17,23,35H,6-7,12-16H2,2-4H3,(H,28,29,30)/t23-,27-/m1/s1. The highest BCUT2D eigenvalue weighted by Crippen LogP contribution is 2.40. The second-order valence-electron chi connectivity index (χ2n) is 10.4. The number of piperazine rings is 1. The van der Waals surface area contributed by atoms with Crippen LogP contribution in [0.4, 0.5) is 11.6 Å². The highest BCUT2D eigenvalue weighted by Gasteiger charge is 2.40. The number of rotatable bonds is 5. The topological polar surface area (TPSA) is 121 Å². The Morgan fingerprint density at radius 1 is 1.18 bits per heavy atom. The molecular weight excluding hydrogens is 504 g/mol. The highest BCUT2D eigenvalue weighted by molar-refractivity contribution is 7.89. The number of nitrogens with one attached hydrogen (secondary N) is 1. The smallest absolute Gasteiger partial charge is 0.268 e. The van der Waals surface area contributed by atoms with Crippen molar-refractivity contribution in [3.63, 3.8) is 0 Å². The van der Waals surface area contributed by atoms with Crippen LogP contribution in [-0.2, 0) is 10.0 Å². The van der Waals surface area contributed by atoms with E-state index in [1.807, 2.05) is 7.05 Å². The minimum atomic E-state index is -3.58. The van der Waals surface area contributed by atoms with Crippen molar-refractivity contribution in [3.8, 4) is 12.3 Å². The second-order valence-corrected chi connectivity index (χ2v) is 12.3. The molecule has 0 amide bonds. The number of likely N-dealkylation sites (N-methyl/N-ethyl adjacent to an activating group) is 1. The molecule has 1 aliphatic carbocycles. The van der Waals surface area contributed by atoms with Gasteiger partial charge in [0.05, 0.1) is 22.1 Å². The molecule has 2 aromatic heterocycles. The number of benzene rings is 1. The van der Waals surface area contributed by atoms with Crippen LogP contribution >= 0.6 is 0 Å². The second kappa shape index (κ2) is 9.78. The van der Waals surface area contributed by atoms with Gasteiger partial charge in [-0.05, 0) is 70.0 Å². The lowest BCUT2D eigenvalue weighted by atomic mass is 9.98.